The molecule has 2 N–H and O–H groups in total. The highest BCUT2D eigenvalue weighted by molar-refractivity contribution is 5.17. The van der Waals surface area contributed by atoms with Gasteiger partial charge < -0.3 is 14.9 Å². The number of pyridine rings is 1. The van der Waals surface area contributed by atoms with Crippen LogP contribution in [0, 0.1) is 0 Å². The Morgan fingerprint density at radius 3 is 2.89 bits per heavy atom. The minimum absolute atomic E-state index is 0.485. The second kappa shape index (κ2) is 5.22. The molecule has 0 aliphatic carbocycles. The van der Waals surface area contributed by atoms with Crippen LogP contribution in [-0.4, -0.2) is 52.0 Å². The molecule has 1 aliphatic heterocycles. The Hall–Kier alpha value is -1.17. The summed E-state index contributed by atoms with van der Waals surface area (Å²) in [5.41, 5.74) is 0.110. The van der Waals surface area contributed by atoms with Crippen LogP contribution in [0.15, 0.2) is 18.3 Å². The molecule has 1 aliphatic rings. The van der Waals surface area contributed by atoms with E-state index < -0.39 is 11.7 Å². The summed E-state index contributed by atoms with van der Waals surface area (Å²) in [6, 6.07) is 3.79. The van der Waals surface area contributed by atoms with Crippen LogP contribution in [0.1, 0.15) is 18.9 Å². The van der Waals surface area contributed by atoms with Crippen molar-refractivity contribution in [1.82, 2.24) is 9.88 Å². The van der Waals surface area contributed by atoms with E-state index in [1.807, 2.05) is 12.1 Å². The summed E-state index contributed by atoms with van der Waals surface area (Å²) in [7, 11) is 1.59. The highest BCUT2D eigenvalue weighted by Gasteiger charge is 2.36. The molecule has 1 saturated heterocycles. The average molecular weight is 252 g/mol. The summed E-state index contributed by atoms with van der Waals surface area (Å²) >= 11 is 0. The molecule has 1 aromatic heterocycles. The van der Waals surface area contributed by atoms with Crippen LogP contribution in [0.5, 0.6) is 5.88 Å². The second-order valence-corrected chi connectivity index (χ2v) is 5.07. The van der Waals surface area contributed by atoms with Gasteiger partial charge in [0.2, 0.25) is 5.88 Å². The van der Waals surface area contributed by atoms with Crippen molar-refractivity contribution in [2.24, 2.45) is 0 Å². The van der Waals surface area contributed by atoms with Crippen molar-refractivity contribution in [1.29, 1.82) is 0 Å². The summed E-state index contributed by atoms with van der Waals surface area (Å²) in [6.45, 7) is 3.67. The zero-order chi connectivity index (χ0) is 13.2. The minimum atomic E-state index is -0.964. The zero-order valence-corrected chi connectivity index (χ0v) is 10.8. The van der Waals surface area contributed by atoms with Gasteiger partial charge >= 0.3 is 0 Å². The third-order valence-electron chi connectivity index (χ3n) is 3.50. The zero-order valence-electron chi connectivity index (χ0n) is 10.8. The quantitative estimate of drug-likeness (QED) is 0.815. The minimum Gasteiger partial charge on any atom is -0.481 e. The van der Waals surface area contributed by atoms with Gasteiger partial charge in [0.15, 0.2) is 0 Å². The topological polar surface area (TPSA) is 65.8 Å². The third-order valence-corrected chi connectivity index (χ3v) is 3.50. The summed E-state index contributed by atoms with van der Waals surface area (Å²) in [6.07, 6.45) is 1.66. The van der Waals surface area contributed by atoms with Crippen LogP contribution < -0.4 is 4.74 Å². The first-order chi connectivity index (χ1) is 8.51. The van der Waals surface area contributed by atoms with Crippen molar-refractivity contribution < 1.29 is 14.9 Å². The molecule has 0 bridgehead atoms. The molecule has 0 saturated carbocycles. The van der Waals surface area contributed by atoms with Crippen molar-refractivity contribution in [2.75, 3.05) is 20.2 Å². The van der Waals surface area contributed by atoms with E-state index in [2.05, 4.69) is 9.88 Å². The van der Waals surface area contributed by atoms with Crippen LogP contribution in [0.2, 0.25) is 0 Å². The normalized spacial score (nSPS) is 29.2. The Kier molecular flexibility index (Phi) is 3.85. The number of aliphatic hydroxyl groups is 2. The lowest BCUT2D eigenvalue weighted by atomic mass is 9.90. The van der Waals surface area contributed by atoms with E-state index in [1.165, 1.54) is 0 Å². The highest BCUT2D eigenvalue weighted by atomic mass is 16.5. The number of nitrogens with zero attached hydrogens (tertiary/aromatic N) is 2. The number of aliphatic hydroxyl groups excluding tert-OH is 1. The number of methoxy groups -OCH3 is 1. The van der Waals surface area contributed by atoms with Gasteiger partial charge in [0.25, 0.3) is 0 Å². The number of ether oxygens (including phenoxy) is 1. The fourth-order valence-electron chi connectivity index (χ4n) is 2.11. The van der Waals surface area contributed by atoms with Gasteiger partial charge in [0, 0.05) is 31.9 Å². The summed E-state index contributed by atoms with van der Waals surface area (Å²) in [4.78, 5) is 6.27. The Bertz CT molecular complexity index is 392. The molecular formula is C13H20N2O3. The summed E-state index contributed by atoms with van der Waals surface area (Å²) in [5, 5.41) is 19.7. The van der Waals surface area contributed by atoms with Crippen molar-refractivity contribution in [3.8, 4) is 5.88 Å². The molecule has 0 spiro atoms. The van der Waals surface area contributed by atoms with Gasteiger partial charge in [-0.2, -0.15) is 0 Å². The number of hydrogen-bond donors (Lipinski definition) is 2. The standard InChI is InChI=1S/C13H20N2O3/c1-13(17)5-6-15(9-11(13)16)8-10-3-4-12(18-2)14-7-10/h3-4,7,11,16-17H,5-6,8-9H2,1-2H3/t11-,13-/m1/s1. The number of likely N-dealkylation sites (tertiary alicyclic amines) is 1. The van der Waals surface area contributed by atoms with E-state index in [-0.39, 0.29) is 0 Å². The molecule has 0 unspecified atom stereocenters. The Morgan fingerprint density at radius 2 is 2.33 bits per heavy atom. The van der Waals surface area contributed by atoms with E-state index in [1.54, 1.807) is 20.2 Å². The number of aromatic nitrogens is 1. The first-order valence-corrected chi connectivity index (χ1v) is 6.13. The van der Waals surface area contributed by atoms with E-state index in [0.717, 1.165) is 18.7 Å². The Balaban J connectivity index is 1.94. The Labute approximate surface area is 107 Å². The fraction of sp³-hybridized carbons (Fsp3) is 0.615. The van der Waals surface area contributed by atoms with Crippen LogP contribution in [0.4, 0.5) is 0 Å². The SMILES string of the molecule is COc1ccc(CN2CC[C@@](C)(O)[C@H](O)C2)cn1. The lowest BCUT2D eigenvalue weighted by Crippen LogP contribution is -2.53. The van der Waals surface area contributed by atoms with E-state index in [0.29, 0.717) is 18.8 Å². The number of hydrogen-bond acceptors (Lipinski definition) is 5. The summed E-state index contributed by atoms with van der Waals surface area (Å²) in [5.74, 6) is 0.598. The van der Waals surface area contributed by atoms with Gasteiger partial charge in [0.05, 0.1) is 18.8 Å². The summed E-state index contributed by atoms with van der Waals surface area (Å²) < 4.78 is 5.01. The number of β-amino-alcohol motifs (C(OH)–C–C–N with tert-alkyl or cyclic N) is 1. The maximum absolute atomic E-state index is 9.89. The average Bonchev–Trinajstić information content (AvgIpc) is 2.35. The second-order valence-electron chi connectivity index (χ2n) is 5.07. The lowest BCUT2D eigenvalue weighted by molar-refractivity contribution is -0.108. The van der Waals surface area contributed by atoms with Gasteiger partial charge in [-0.15, -0.1) is 0 Å². The van der Waals surface area contributed by atoms with Gasteiger partial charge in [-0.3, -0.25) is 4.90 Å². The van der Waals surface area contributed by atoms with Gasteiger partial charge in [-0.25, -0.2) is 4.98 Å². The molecule has 100 valence electrons. The van der Waals surface area contributed by atoms with Crippen LogP contribution in [-0.2, 0) is 6.54 Å². The van der Waals surface area contributed by atoms with Gasteiger partial charge in [-0.1, -0.05) is 6.07 Å². The van der Waals surface area contributed by atoms with Crippen LogP contribution in [0.25, 0.3) is 0 Å². The number of piperidine rings is 1. The predicted octanol–water partition coefficient (Wildman–Crippen LogP) is 0.408. The largest absolute Gasteiger partial charge is 0.481 e. The van der Waals surface area contributed by atoms with E-state index in [4.69, 9.17) is 4.74 Å². The molecule has 1 aromatic rings. The highest BCUT2D eigenvalue weighted by Crippen LogP contribution is 2.23. The third kappa shape index (κ3) is 2.98. The molecule has 5 heteroatoms. The van der Waals surface area contributed by atoms with E-state index in [9.17, 15) is 10.2 Å². The molecule has 18 heavy (non-hydrogen) atoms. The lowest BCUT2D eigenvalue weighted by Gasteiger charge is -2.39. The molecule has 1 fully saturated rings. The Morgan fingerprint density at radius 1 is 1.56 bits per heavy atom. The smallest absolute Gasteiger partial charge is 0.212 e. The predicted molar refractivity (Wildman–Crippen MR) is 67.3 cm³/mol. The van der Waals surface area contributed by atoms with Crippen LogP contribution >= 0.6 is 0 Å². The molecule has 2 heterocycles. The maximum atomic E-state index is 9.89. The molecule has 0 amide bonds. The maximum Gasteiger partial charge on any atom is 0.212 e. The first-order valence-electron chi connectivity index (χ1n) is 6.13. The van der Waals surface area contributed by atoms with Crippen molar-refractivity contribution in [3.05, 3.63) is 23.9 Å². The molecule has 2 atom stereocenters. The molecular weight excluding hydrogens is 232 g/mol. The molecule has 0 aromatic carbocycles. The van der Waals surface area contributed by atoms with Crippen molar-refractivity contribution in [2.45, 2.75) is 31.6 Å². The molecule has 0 radical (unpaired) electrons. The van der Waals surface area contributed by atoms with Crippen molar-refractivity contribution >= 4 is 0 Å². The van der Waals surface area contributed by atoms with Crippen LogP contribution in [0.3, 0.4) is 0 Å². The van der Waals surface area contributed by atoms with Gasteiger partial charge in [-0.05, 0) is 18.9 Å². The number of rotatable bonds is 3. The van der Waals surface area contributed by atoms with E-state index >= 15 is 0 Å². The monoisotopic (exact) mass is 252 g/mol. The first kappa shape index (κ1) is 13.3. The van der Waals surface area contributed by atoms with Crippen molar-refractivity contribution in [3.63, 3.8) is 0 Å². The van der Waals surface area contributed by atoms with Gasteiger partial charge in [0.1, 0.15) is 0 Å². The fourth-order valence-corrected chi connectivity index (χ4v) is 2.11. The molecule has 5 nitrogen and oxygen atoms in total. The molecule has 2 rings (SSSR count).